The molecule has 4 nitrogen and oxygen atoms in total. The number of halogens is 1. The van der Waals surface area contributed by atoms with E-state index in [2.05, 4.69) is 5.32 Å². The highest BCUT2D eigenvalue weighted by atomic mass is 19.1. The molecule has 1 atom stereocenters. The van der Waals surface area contributed by atoms with Crippen LogP contribution >= 0.6 is 0 Å². The molecule has 3 N–H and O–H groups in total. The van der Waals surface area contributed by atoms with Gasteiger partial charge in [0.15, 0.2) is 17.7 Å². The van der Waals surface area contributed by atoms with E-state index in [-0.39, 0.29) is 11.7 Å². The van der Waals surface area contributed by atoms with E-state index >= 15 is 0 Å². The molecule has 2 rings (SSSR count). The lowest BCUT2D eigenvalue weighted by Crippen LogP contribution is -2.30. The van der Waals surface area contributed by atoms with Crippen molar-refractivity contribution < 1.29 is 13.9 Å². The molecule has 104 valence electrons. The fourth-order valence-corrected chi connectivity index (χ4v) is 1.64. The average Bonchev–Trinajstić information content (AvgIpc) is 2.41. The summed E-state index contributed by atoms with van der Waals surface area (Å²) in [7, 11) is 0. The van der Waals surface area contributed by atoms with E-state index in [0.717, 1.165) is 0 Å². The molecule has 0 fully saturated rings. The molecule has 2 aromatic carbocycles. The number of amides is 1. The van der Waals surface area contributed by atoms with Crippen LogP contribution in [-0.4, -0.2) is 12.0 Å². The number of anilines is 2. The van der Waals surface area contributed by atoms with Crippen molar-refractivity contribution in [3.8, 4) is 5.75 Å². The van der Waals surface area contributed by atoms with Gasteiger partial charge in [-0.15, -0.1) is 0 Å². The van der Waals surface area contributed by atoms with Crippen molar-refractivity contribution in [2.45, 2.75) is 13.0 Å². The number of rotatable bonds is 4. The molecule has 0 saturated heterocycles. The molecule has 20 heavy (non-hydrogen) atoms. The molecule has 0 aliphatic rings. The second-order valence-corrected chi connectivity index (χ2v) is 4.31. The topological polar surface area (TPSA) is 64.3 Å². The molecule has 0 bridgehead atoms. The Kier molecular flexibility index (Phi) is 4.20. The molecule has 0 heterocycles. The Hall–Kier alpha value is -2.56. The van der Waals surface area contributed by atoms with Crippen LogP contribution in [0.3, 0.4) is 0 Å². The van der Waals surface area contributed by atoms with Gasteiger partial charge < -0.3 is 15.8 Å². The molecule has 0 radical (unpaired) electrons. The average molecular weight is 274 g/mol. The number of benzene rings is 2. The molecular formula is C15H15FN2O2. The summed E-state index contributed by atoms with van der Waals surface area (Å²) in [4.78, 5) is 11.9. The minimum absolute atomic E-state index is 0.0442. The zero-order valence-electron chi connectivity index (χ0n) is 11.0. The quantitative estimate of drug-likeness (QED) is 0.843. The fraction of sp³-hybridized carbons (Fsp3) is 0.133. The molecule has 5 heteroatoms. The molecule has 0 saturated carbocycles. The maximum atomic E-state index is 13.4. The molecule has 1 amide bonds. The van der Waals surface area contributed by atoms with Crippen molar-refractivity contribution >= 4 is 17.3 Å². The van der Waals surface area contributed by atoms with Crippen molar-refractivity contribution in [3.05, 3.63) is 54.3 Å². The van der Waals surface area contributed by atoms with Crippen LogP contribution in [-0.2, 0) is 4.79 Å². The molecular weight excluding hydrogens is 259 g/mol. The third kappa shape index (κ3) is 3.47. The van der Waals surface area contributed by atoms with Crippen LogP contribution in [0.15, 0.2) is 48.5 Å². The van der Waals surface area contributed by atoms with Crippen molar-refractivity contribution in [1.29, 1.82) is 0 Å². The van der Waals surface area contributed by atoms with Crippen LogP contribution in [0.2, 0.25) is 0 Å². The van der Waals surface area contributed by atoms with Gasteiger partial charge in [0.2, 0.25) is 0 Å². The Bertz CT molecular complexity index is 616. The van der Waals surface area contributed by atoms with Gasteiger partial charge in [0, 0.05) is 11.4 Å². The fourth-order valence-electron chi connectivity index (χ4n) is 1.64. The first-order chi connectivity index (χ1) is 9.56. The standard InChI is InChI=1S/C15H15FN2O2/c1-10(20-14-8-3-2-7-13(14)16)15(19)18-12-6-4-5-11(17)9-12/h2-10H,17H2,1H3,(H,18,19). The monoisotopic (exact) mass is 274 g/mol. The summed E-state index contributed by atoms with van der Waals surface area (Å²) in [6.07, 6.45) is -0.826. The zero-order valence-corrected chi connectivity index (χ0v) is 11.0. The van der Waals surface area contributed by atoms with Crippen LogP contribution in [0.25, 0.3) is 0 Å². The van der Waals surface area contributed by atoms with E-state index in [0.29, 0.717) is 11.4 Å². The second kappa shape index (κ2) is 6.06. The number of nitrogen functional groups attached to an aromatic ring is 1. The summed E-state index contributed by atoms with van der Waals surface area (Å²) in [6.45, 7) is 1.55. The Morgan fingerprint density at radius 1 is 1.25 bits per heavy atom. The summed E-state index contributed by atoms with van der Waals surface area (Å²) in [5, 5.41) is 2.66. The molecule has 2 aromatic rings. The maximum Gasteiger partial charge on any atom is 0.265 e. The van der Waals surface area contributed by atoms with E-state index in [4.69, 9.17) is 10.5 Å². The van der Waals surface area contributed by atoms with E-state index in [1.54, 1.807) is 43.3 Å². The van der Waals surface area contributed by atoms with Crippen molar-refractivity contribution in [2.75, 3.05) is 11.1 Å². The Balaban J connectivity index is 2.01. The highest BCUT2D eigenvalue weighted by molar-refractivity contribution is 5.94. The van der Waals surface area contributed by atoms with Crippen molar-refractivity contribution in [1.82, 2.24) is 0 Å². The normalized spacial score (nSPS) is 11.7. The molecule has 1 unspecified atom stereocenters. The Labute approximate surface area is 116 Å². The lowest BCUT2D eigenvalue weighted by atomic mass is 10.2. The third-order valence-corrected chi connectivity index (χ3v) is 2.66. The largest absolute Gasteiger partial charge is 0.478 e. The molecule has 0 aromatic heterocycles. The van der Waals surface area contributed by atoms with Gasteiger partial charge in [-0.1, -0.05) is 18.2 Å². The Morgan fingerprint density at radius 2 is 2.00 bits per heavy atom. The van der Waals surface area contributed by atoms with Gasteiger partial charge >= 0.3 is 0 Å². The number of para-hydroxylation sites is 1. The zero-order chi connectivity index (χ0) is 14.5. The van der Waals surface area contributed by atoms with Gasteiger partial charge in [-0.05, 0) is 37.3 Å². The number of hydrogen-bond donors (Lipinski definition) is 2. The predicted molar refractivity (Wildman–Crippen MR) is 76.0 cm³/mol. The SMILES string of the molecule is CC(Oc1ccccc1F)C(=O)Nc1cccc(N)c1. The van der Waals surface area contributed by atoms with Gasteiger partial charge in [-0.2, -0.15) is 0 Å². The maximum absolute atomic E-state index is 13.4. The number of ether oxygens (including phenoxy) is 1. The summed E-state index contributed by atoms with van der Waals surface area (Å²) in [5.74, 6) is -0.835. The molecule has 0 aliphatic carbocycles. The van der Waals surface area contributed by atoms with Gasteiger partial charge in [0.25, 0.3) is 5.91 Å². The highest BCUT2D eigenvalue weighted by Crippen LogP contribution is 2.18. The van der Waals surface area contributed by atoms with Crippen LogP contribution in [0.1, 0.15) is 6.92 Å². The lowest BCUT2D eigenvalue weighted by molar-refractivity contribution is -0.122. The summed E-state index contributed by atoms with van der Waals surface area (Å²) in [6, 6.07) is 12.7. The Morgan fingerprint density at radius 3 is 2.70 bits per heavy atom. The molecule has 0 aliphatic heterocycles. The summed E-state index contributed by atoms with van der Waals surface area (Å²) < 4.78 is 18.7. The minimum atomic E-state index is -0.826. The first-order valence-electron chi connectivity index (χ1n) is 6.14. The van der Waals surface area contributed by atoms with Crippen LogP contribution < -0.4 is 15.8 Å². The van der Waals surface area contributed by atoms with Gasteiger partial charge in [-0.25, -0.2) is 4.39 Å². The van der Waals surface area contributed by atoms with Crippen LogP contribution in [0.4, 0.5) is 15.8 Å². The van der Waals surface area contributed by atoms with E-state index < -0.39 is 11.9 Å². The number of carbonyl (C=O) groups is 1. The number of nitrogens with two attached hydrogens (primary N) is 1. The highest BCUT2D eigenvalue weighted by Gasteiger charge is 2.16. The minimum Gasteiger partial charge on any atom is -0.478 e. The number of nitrogens with one attached hydrogen (secondary N) is 1. The first kappa shape index (κ1) is 13.9. The van der Waals surface area contributed by atoms with Gasteiger partial charge in [0.1, 0.15) is 0 Å². The van der Waals surface area contributed by atoms with Crippen LogP contribution in [0.5, 0.6) is 5.75 Å². The van der Waals surface area contributed by atoms with Crippen molar-refractivity contribution in [2.24, 2.45) is 0 Å². The van der Waals surface area contributed by atoms with Crippen LogP contribution in [0, 0.1) is 5.82 Å². The summed E-state index contributed by atoms with van der Waals surface area (Å²) in [5.41, 5.74) is 6.74. The number of carbonyl (C=O) groups excluding carboxylic acids is 1. The van der Waals surface area contributed by atoms with E-state index in [1.807, 2.05) is 0 Å². The predicted octanol–water partition coefficient (Wildman–Crippen LogP) is 2.81. The first-order valence-corrected chi connectivity index (χ1v) is 6.14. The number of hydrogen-bond acceptors (Lipinski definition) is 3. The lowest BCUT2D eigenvalue weighted by Gasteiger charge is -2.15. The summed E-state index contributed by atoms with van der Waals surface area (Å²) >= 11 is 0. The second-order valence-electron chi connectivity index (χ2n) is 4.31. The van der Waals surface area contributed by atoms with E-state index in [9.17, 15) is 9.18 Å². The third-order valence-electron chi connectivity index (χ3n) is 2.66. The van der Waals surface area contributed by atoms with Gasteiger partial charge in [-0.3, -0.25) is 4.79 Å². The molecule has 0 spiro atoms. The smallest absolute Gasteiger partial charge is 0.265 e. The van der Waals surface area contributed by atoms with E-state index in [1.165, 1.54) is 12.1 Å². The van der Waals surface area contributed by atoms with Crippen molar-refractivity contribution in [3.63, 3.8) is 0 Å². The van der Waals surface area contributed by atoms with Gasteiger partial charge in [0.05, 0.1) is 0 Å².